The van der Waals surface area contributed by atoms with Crippen LogP contribution in [-0.4, -0.2) is 36.6 Å². The summed E-state index contributed by atoms with van der Waals surface area (Å²) in [5.41, 5.74) is 1.01. The second-order valence-electron chi connectivity index (χ2n) is 4.16. The van der Waals surface area contributed by atoms with Gasteiger partial charge < -0.3 is 5.32 Å². The average molecular weight is 291 g/mol. The van der Waals surface area contributed by atoms with Gasteiger partial charge in [-0.3, -0.25) is 0 Å². The number of hydrogen-bond acceptors (Lipinski definition) is 6. The highest BCUT2D eigenvalue weighted by Crippen LogP contribution is 2.24. The van der Waals surface area contributed by atoms with E-state index in [1.165, 1.54) is 11.5 Å². The van der Waals surface area contributed by atoms with Gasteiger partial charge in [0.15, 0.2) is 0 Å². The molecule has 18 heavy (non-hydrogen) atoms. The lowest BCUT2D eigenvalue weighted by Crippen LogP contribution is -2.18. The summed E-state index contributed by atoms with van der Waals surface area (Å²) in [6, 6.07) is 0.159. The highest BCUT2D eigenvalue weighted by molar-refractivity contribution is 7.91. The van der Waals surface area contributed by atoms with Crippen LogP contribution in [0.4, 0.5) is 0 Å². The van der Waals surface area contributed by atoms with E-state index in [0.29, 0.717) is 6.42 Å². The molecule has 0 saturated heterocycles. The molecule has 0 bridgehead atoms. The molecule has 0 saturated carbocycles. The van der Waals surface area contributed by atoms with Gasteiger partial charge >= 0.3 is 0 Å². The summed E-state index contributed by atoms with van der Waals surface area (Å²) < 4.78 is 26.8. The molecule has 1 rings (SSSR count). The van der Waals surface area contributed by atoms with E-state index in [4.69, 9.17) is 0 Å². The summed E-state index contributed by atoms with van der Waals surface area (Å²) in [6.45, 7) is 3.74. The van der Waals surface area contributed by atoms with Crippen molar-refractivity contribution in [3.8, 4) is 0 Å². The molecule has 0 aliphatic heterocycles. The largest absolute Gasteiger partial charge is 0.312 e. The van der Waals surface area contributed by atoms with Crippen molar-refractivity contribution in [3.63, 3.8) is 0 Å². The van der Waals surface area contributed by atoms with Gasteiger partial charge in [0.25, 0.3) is 0 Å². The Hall–Kier alpha value is -0.530. The molecule has 1 N–H and O–H groups in total. The van der Waals surface area contributed by atoms with Crippen LogP contribution in [0.25, 0.3) is 0 Å². The Morgan fingerprint density at radius 1 is 1.39 bits per heavy atom. The molecule has 0 radical (unpaired) electrons. The zero-order chi connectivity index (χ0) is 13.6. The van der Waals surface area contributed by atoms with Gasteiger partial charge in [-0.1, -0.05) is 18.3 Å². The zero-order valence-corrected chi connectivity index (χ0v) is 12.8. The number of nitrogens with one attached hydrogen (secondary N) is 1. The maximum Gasteiger partial charge on any atom is 0.150 e. The van der Waals surface area contributed by atoms with Crippen LogP contribution in [0.2, 0.25) is 0 Å². The highest BCUT2D eigenvalue weighted by atomic mass is 32.2. The molecule has 5 nitrogen and oxygen atoms in total. The third kappa shape index (κ3) is 4.29. The number of aryl methyl sites for hydroxylation is 1. The molecule has 0 aromatic carbocycles. The van der Waals surface area contributed by atoms with Crippen LogP contribution in [0.15, 0.2) is 0 Å². The van der Waals surface area contributed by atoms with Crippen molar-refractivity contribution >= 4 is 21.4 Å². The lowest BCUT2D eigenvalue weighted by atomic mass is 10.1. The van der Waals surface area contributed by atoms with Gasteiger partial charge in [0, 0.05) is 11.8 Å². The van der Waals surface area contributed by atoms with Crippen LogP contribution >= 0.6 is 11.5 Å². The van der Waals surface area contributed by atoms with Gasteiger partial charge in [0.2, 0.25) is 0 Å². The number of nitrogens with zero attached hydrogens (tertiary/aromatic N) is 2. The Bertz CT molecular complexity index is 457. The number of hydrogen-bond donors (Lipinski definition) is 1. The molecule has 1 atom stereocenters. The van der Waals surface area contributed by atoms with Crippen molar-refractivity contribution in [3.05, 3.63) is 10.6 Å². The minimum atomic E-state index is -2.86. The van der Waals surface area contributed by atoms with Crippen LogP contribution in [0.5, 0.6) is 0 Å². The summed E-state index contributed by atoms with van der Waals surface area (Å²) in [6.07, 6.45) is 2.33. The molecule has 0 fully saturated rings. The molecular formula is C11H21N3O2S2. The Labute approximate surface area is 113 Å². The first-order valence-electron chi connectivity index (χ1n) is 6.22. The predicted octanol–water partition coefficient (Wildman–Crippen LogP) is 1.58. The number of sulfone groups is 1. The number of rotatable bonds is 8. The Balaban J connectivity index is 2.58. The smallest absolute Gasteiger partial charge is 0.150 e. The third-order valence-electron chi connectivity index (χ3n) is 2.97. The van der Waals surface area contributed by atoms with Crippen molar-refractivity contribution in [1.82, 2.24) is 14.9 Å². The van der Waals surface area contributed by atoms with Gasteiger partial charge in [0.05, 0.1) is 16.3 Å². The maximum absolute atomic E-state index is 11.4. The molecule has 1 aromatic rings. The summed E-state index contributed by atoms with van der Waals surface area (Å²) in [7, 11) is -0.976. The minimum absolute atomic E-state index is 0.159. The SMILES string of the molecule is CCc1nnsc1C(CCCS(=O)(=O)CC)NC. The first-order chi connectivity index (χ1) is 8.54. The van der Waals surface area contributed by atoms with E-state index < -0.39 is 9.84 Å². The van der Waals surface area contributed by atoms with E-state index in [2.05, 4.69) is 21.8 Å². The lowest BCUT2D eigenvalue weighted by molar-refractivity contribution is 0.538. The van der Waals surface area contributed by atoms with E-state index in [0.717, 1.165) is 23.4 Å². The van der Waals surface area contributed by atoms with E-state index in [1.54, 1.807) is 6.92 Å². The predicted molar refractivity (Wildman–Crippen MR) is 74.6 cm³/mol. The van der Waals surface area contributed by atoms with Crippen LogP contribution in [0.1, 0.15) is 43.3 Å². The third-order valence-corrected chi connectivity index (χ3v) is 5.64. The summed E-state index contributed by atoms with van der Waals surface area (Å²) >= 11 is 1.40. The maximum atomic E-state index is 11.4. The van der Waals surface area contributed by atoms with Crippen LogP contribution in [-0.2, 0) is 16.3 Å². The van der Waals surface area contributed by atoms with Crippen molar-refractivity contribution in [1.29, 1.82) is 0 Å². The molecule has 0 amide bonds. The summed E-state index contributed by atoms with van der Waals surface area (Å²) in [5.74, 6) is 0.481. The first kappa shape index (κ1) is 15.5. The van der Waals surface area contributed by atoms with Crippen molar-refractivity contribution in [2.45, 2.75) is 39.2 Å². The van der Waals surface area contributed by atoms with Crippen LogP contribution < -0.4 is 5.32 Å². The molecule has 0 aliphatic rings. The monoisotopic (exact) mass is 291 g/mol. The summed E-state index contributed by atoms with van der Waals surface area (Å²) in [4.78, 5) is 1.13. The van der Waals surface area contributed by atoms with E-state index in [-0.39, 0.29) is 17.5 Å². The Morgan fingerprint density at radius 2 is 2.11 bits per heavy atom. The number of aromatic nitrogens is 2. The van der Waals surface area contributed by atoms with E-state index in [9.17, 15) is 8.42 Å². The average Bonchev–Trinajstić information content (AvgIpc) is 2.82. The molecule has 0 spiro atoms. The van der Waals surface area contributed by atoms with E-state index in [1.807, 2.05) is 7.05 Å². The van der Waals surface area contributed by atoms with Crippen molar-refractivity contribution < 1.29 is 8.42 Å². The minimum Gasteiger partial charge on any atom is -0.312 e. The van der Waals surface area contributed by atoms with Gasteiger partial charge in [-0.2, -0.15) is 0 Å². The quantitative estimate of drug-likeness (QED) is 0.787. The van der Waals surface area contributed by atoms with Crippen LogP contribution in [0, 0.1) is 0 Å². The molecule has 0 aliphatic carbocycles. The molecule has 1 unspecified atom stereocenters. The summed E-state index contributed by atoms with van der Waals surface area (Å²) in [5, 5.41) is 7.31. The van der Waals surface area contributed by atoms with E-state index >= 15 is 0 Å². The van der Waals surface area contributed by atoms with Gasteiger partial charge in [-0.05, 0) is 37.8 Å². The normalized spacial score (nSPS) is 13.7. The van der Waals surface area contributed by atoms with Crippen LogP contribution in [0.3, 0.4) is 0 Å². The van der Waals surface area contributed by atoms with Gasteiger partial charge in [0.1, 0.15) is 9.84 Å². The molecule has 1 aromatic heterocycles. The molecule has 104 valence electrons. The second kappa shape index (κ2) is 7.16. The highest BCUT2D eigenvalue weighted by Gasteiger charge is 2.17. The second-order valence-corrected chi connectivity index (χ2v) is 7.42. The van der Waals surface area contributed by atoms with Gasteiger partial charge in [-0.15, -0.1) is 5.10 Å². The zero-order valence-electron chi connectivity index (χ0n) is 11.1. The van der Waals surface area contributed by atoms with Crippen molar-refractivity contribution in [2.75, 3.05) is 18.6 Å². The standard InChI is InChI=1S/C11H21N3O2S2/c1-4-9-11(17-14-13-9)10(12-3)7-6-8-18(15,16)5-2/h10,12H,4-8H2,1-3H3. The van der Waals surface area contributed by atoms with Gasteiger partial charge in [-0.25, -0.2) is 8.42 Å². The van der Waals surface area contributed by atoms with Crippen molar-refractivity contribution in [2.24, 2.45) is 0 Å². The fourth-order valence-corrected chi connectivity index (χ4v) is 3.56. The molecule has 1 heterocycles. The molecule has 7 heteroatoms. The fraction of sp³-hybridized carbons (Fsp3) is 0.818. The topological polar surface area (TPSA) is 72.0 Å². The Kier molecular flexibility index (Phi) is 6.17. The lowest BCUT2D eigenvalue weighted by Gasteiger charge is -2.14. The fourth-order valence-electron chi connectivity index (χ4n) is 1.78. The Morgan fingerprint density at radius 3 is 2.67 bits per heavy atom. The molecular weight excluding hydrogens is 270 g/mol. The first-order valence-corrected chi connectivity index (χ1v) is 8.82.